The number of aliphatic hydroxyl groups excluding tert-OH is 2. The van der Waals surface area contributed by atoms with Gasteiger partial charge in [-0.1, -0.05) is 43.6 Å². The van der Waals surface area contributed by atoms with Crippen molar-refractivity contribution < 1.29 is 14.9 Å². The van der Waals surface area contributed by atoms with E-state index in [0.29, 0.717) is 6.61 Å². The zero-order chi connectivity index (χ0) is 22.8. The van der Waals surface area contributed by atoms with E-state index < -0.39 is 0 Å². The minimum absolute atomic E-state index is 0.0451. The molecule has 2 aromatic carbocycles. The lowest BCUT2D eigenvalue weighted by Crippen LogP contribution is -2.20. The molecule has 0 saturated heterocycles. The van der Waals surface area contributed by atoms with E-state index in [1.165, 1.54) is 22.3 Å². The lowest BCUT2D eigenvalue weighted by Gasteiger charge is -2.16. The van der Waals surface area contributed by atoms with Crippen LogP contribution in [0.4, 0.5) is 0 Å². The predicted octanol–water partition coefficient (Wildman–Crippen LogP) is 4.40. The third kappa shape index (κ3) is 8.89. The third-order valence-electron chi connectivity index (χ3n) is 4.71. The zero-order valence-corrected chi connectivity index (χ0v) is 19.2. The lowest BCUT2D eigenvalue weighted by molar-refractivity contribution is 0.0857. The van der Waals surface area contributed by atoms with Crippen LogP contribution in [0.25, 0.3) is 0 Å². The van der Waals surface area contributed by atoms with E-state index >= 15 is 0 Å². The fourth-order valence-electron chi connectivity index (χ4n) is 2.63. The van der Waals surface area contributed by atoms with Gasteiger partial charge in [-0.25, -0.2) is 0 Å². The molecular formula is C25H37BO3. The molecule has 2 radical (unpaired) electrons. The first-order valence-corrected chi connectivity index (χ1v) is 9.78. The summed E-state index contributed by atoms with van der Waals surface area (Å²) in [5, 5.41) is 16.9. The summed E-state index contributed by atoms with van der Waals surface area (Å²) >= 11 is 0. The van der Waals surface area contributed by atoms with Gasteiger partial charge in [0.15, 0.2) is 0 Å². The van der Waals surface area contributed by atoms with E-state index in [2.05, 4.69) is 46.1 Å². The van der Waals surface area contributed by atoms with Gasteiger partial charge >= 0.3 is 0 Å². The van der Waals surface area contributed by atoms with Gasteiger partial charge in [0.1, 0.15) is 20.2 Å². The summed E-state index contributed by atoms with van der Waals surface area (Å²) in [5.74, 6) is 0.940. The van der Waals surface area contributed by atoms with Crippen molar-refractivity contribution in [3.63, 3.8) is 0 Å². The Morgan fingerprint density at radius 1 is 0.828 bits per heavy atom. The summed E-state index contributed by atoms with van der Waals surface area (Å²) in [7, 11) is 5.84. The topological polar surface area (TPSA) is 49.7 Å². The maximum Gasteiger partial charge on any atom is 0.125 e. The van der Waals surface area contributed by atoms with Crippen LogP contribution in [0.2, 0.25) is 0 Å². The van der Waals surface area contributed by atoms with Gasteiger partial charge in [-0.3, -0.25) is 0 Å². The van der Waals surface area contributed by atoms with Crippen molar-refractivity contribution >= 4 is 13.3 Å². The van der Waals surface area contributed by atoms with Gasteiger partial charge in [-0.05, 0) is 68.0 Å². The molecule has 0 saturated carbocycles. The predicted molar refractivity (Wildman–Crippen MR) is 125 cm³/mol. The zero-order valence-electron chi connectivity index (χ0n) is 19.2. The van der Waals surface area contributed by atoms with Crippen molar-refractivity contribution in [2.45, 2.75) is 55.1 Å². The minimum atomic E-state index is -0.306. The van der Waals surface area contributed by atoms with Gasteiger partial charge in [0.05, 0.1) is 13.2 Å². The van der Waals surface area contributed by atoms with Crippen LogP contribution in [-0.2, 0) is 6.61 Å². The second kappa shape index (κ2) is 12.5. The smallest absolute Gasteiger partial charge is 0.125 e. The number of rotatable bonds is 5. The Bertz CT molecular complexity index is 730. The first-order chi connectivity index (χ1) is 13.5. The number of benzene rings is 2. The fourth-order valence-corrected chi connectivity index (χ4v) is 2.63. The molecule has 0 amide bonds. The van der Waals surface area contributed by atoms with Crippen LogP contribution < -0.4 is 10.2 Å². The van der Waals surface area contributed by atoms with Crippen LogP contribution in [0.5, 0.6) is 5.75 Å². The highest BCUT2D eigenvalue weighted by atomic mass is 16.5. The van der Waals surface area contributed by atoms with Crippen LogP contribution >= 0.6 is 0 Å². The van der Waals surface area contributed by atoms with Crippen LogP contribution in [0.1, 0.15) is 47.2 Å². The molecule has 0 aliphatic heterocycles. The molecule has 0 atom stereocenters. The van der Waals surface area contributed by atoms with Crippen LogP contribution in [0, 0.1) is 40.0 Å². The standard InChI is InChI=1S/C18H21BO.C5H12O2.C2H4/c1-11-6-16(7-12(2)15(11)5)10-20-18-13(3)8-17(19)9-14(18)4;1-5(2,3-6)4-7;1-2/h6-9H,10H2,1-5H3;6-7H,3-4H2,1-2H3;1-2H2. The highest BCUT2D eigenvalue weighted by Crippen LogP contribution is 2.23. The molecule has 4 heteroatoms. The molecule has 0 aromatic heterocycles. The first kappa shape index (κ1) is 27.0. The Kier molecular flexibility index (Phi) is 11.6. The van der Waals surface area contributed by atoms with Crippen molar-refractivity contribution in [1.29, 1.82) is 0 Å². The molecule has 158 valence electrons. The largest absolute Gasteiger partial charge is 0.488 e. The van der Waals surface area contributed by atoms with E-state index in [4.69, 9.17) is 22.8 Å². The molecule has 0 spiro atoms. The minimum Gasteiger partial charge on any atom is -0.488 e. The summed E-state index contributed by atoms with van der Waals surface area (Å²) < 4.78 is 6.00. The van der Waals surface area contributed by atoms with E-state index in [0.717, 1.165) is 22.3 Å². The van der Waals surface area contributed by atoms with Gasteiger partial charge in [0, 0.05) is 5.41 Å². The van der Waals surface area contributed by atoms with Gasteiger partial charge < -0.3 is 14.9 Å². The molecule has 2 rings (SSSR count). The summed E-state index contributed by atoms with van der Waals surface area (Å²) in [6.07, 6.45) is 0. The van der Waals surface area contributed by atoms with Crippen molar-refractivity contribution in [3.05, 3.63) is 70.8 Å². The number of hydrogen-bond donors (Lipinski definition) is 2. The fraction of sp³-hybridized carbons (Fsp3) is 0.440. The normalized spacial score (nSPS) is 10.4. The summed E-state index contributed by atoms with van der Waals surface area (Å²) in [5.41, 5.74) is 7.85. The molecule has 2 N–H and O–H groups in total. The van der Waals surface area contributed by atoms with Crippen LogP contribution in [0.3, 0.4) is 0 Å². The van der Waals surface area contributed by atoms with Crippen LogP contribution in [0.15, 0.2) is 37.4 Å². The average molecular weight is 396 g/mol. The maximum absolute atomic E-state index is 8.43. The molecule has 29 heavy (non-hydrogen) atoms. The third-order valence-corrected chi connectivity index (χ3v) is 4.71. The van der Waals surface area contributed by atoms with E-state index in [-0.39, 0.29) is 18.6 Å². The first-order valence-electron chi connectivity index (χ1n) is 9.78. The molecule has 3 nitrogen and oxygen atoms in total. The lowest BCUT2D eigenvalue weighted by atomic mass is 9.92. The van der Waals surface area contributed by atoms with Gasteiger partial charge in [0.2, 0.25) is 0 Å². The Morgan fingerprint density at radius 2 is 1.24 bits per heavy atom. The molecule has 2 aromatic rings. The molecule has 0 fully saturated rings. The molecule has 0 aliphatic rings. The van der Waals surface area contributed by atoms with E-state index in [1.807, 2.05) is 26.0 Å². The quantitative estimate of drug-likeness (QED) is 0.582. The molecule has 0 unspecified atom stereocenters. The van der Waals surface area contributed by atoms with Crippen molar-refractivity contribution in [1.82, 2.24) is 0 Å². The summed E-state index contributed by atoms with van der Waals surface area (Å²) in [6.45, 7) is 20.8. The highest BCUT2D eigenvalue weighted by molar-refractivity contribution is 6.32. The Morgan fingerprint density at radius 3 is 1.59 bits per heavy atom. The number of aliphatic hydroxyl groups is 2. The SMILES string of the molecule is C=C.CC(C)(CO)CO.[B]c1cc(C)c(OCc2cc(C)c(C)c(C)c2)c(C)c1. The highest BCUT2D eigenvalue weighted by Gasteiger charge is 2.13. The van der Waals surface area contributed by atoms with Gasteiger partial charge in [0.25, 0.3) is 0 Å². The maximum atomic E-state index is 8.43. The van der Waals surface area contributed by atoms with E-state index in [9.17, 15) is 0 Å². The average Bonchev–Trinajstić information content (AvgIpc) is 2.67. The van der Waals surface area contributed by atoms with E-state index in [1.54, 1.807) is 13.8 Å². The Hall–Kier alpha value is -2.04. The van der Waals surface area contributed by atoms with Crippen molar-refractivity contribution in [2.75, 3.05) is 13.2 Å². The van der Waals surface area contributed by atoms with Crippen LogP contribution in [-0.4, -0.2) is 31.3 Å². The molecule has 0 aliphatic carbocycles. The van der Waals surface area contributed by atoms with Crippen molar-refractivity contribution in [3.8, 4) is 5.75 Å². The monoisotopic (exact) mass is 396 g/mol. The number of aryl methyl sites for hydroxylation is 4. The molecule has 0 bridgehead atoms. The second-order valence-electron chi connectivity index (χ2n) is 8.11. The second-order valence-corrected chi connectivity index (χ2v) is 8.11. The van der Waals surface area contributed by atoms with Gasteiger partial charge in [-0.15, -0.1) is 13.2 Å². The molecule has 0 heterocycles. The summed E-state index contributed by atoms with van der Waals surface area (Å²) in [6, 6.07) is 8.30. The number of hydrogen-bond acceptors (Lipinski definition) is 3. The Labute approximate surface area is 178 Å². The summed E-state index contributed by atoms with van der Waals surface area (Å²) in [4.78, 5) is 0. The van der Waals surface area contributed by atoms with Crippen molar-refractivity contribution in [2.24, 2.45) is 5.41 Å². The number of ether oxygens (including phenoxy) is 1. The molecular weight excluding hydrogens is 359 g/mol. The van der Waals surface area contributed by atoms with Gasteiger partial charge in [-0.2, -0.15) is 0 Å². The Balaban J connectivity index is 0.000000740.